The molecule has 172 valence electrons. The van der Waals surface area contributed by atoms with Crippen LogP contribution in [0.2, 0.25) is 0 Å². The average molecular weight is 603 g/mol. The molecule has 33 heavy (non-hydrogen) atoms. The van der Waals surface area contributed by atoms with Crippen molar-refractivity contribution in [1.82, 2.24) is 0 Å². The van der Waals surface area contributed by atoms with Crippen molar-refractivity contribution in [3.63, 3.8) is 0 Å². The predicted octanol–water partition coefficient (Wildman–Crippen LogP) is 9.72. The Morgan fingerprint density at radius 3 is 1.00 bits per heavy atom. The number of hydrogen-bond donors (Lipinski definition) is 0. The molecule has 0 N–H and O–H groups in total. The molecule has 0 saturated carbocycles. The first-order valence-electron chi connectivity index (χ1n) is 12.1. The van der Waals surface area contributed by atoms with Crippen molar-refractivity contribution in [2.45, 2.75) is 69.2 Å². The largest absolute Gasteiger partial charge is 0.0622 e. The number of benzene rings is 2. The van der Waals surface area contributed by atoms with Crippen LogP contribution in [0.5, 0.6) is 0 Å². The summed E-state index contributed by atoms with van der Waals surface area (Å²) in [6.07, 6.45) is 0. The van der Waals surface area contributed by atoms with Crippen LogP contribution in [0.1, 0.15) is 69.2 Å². The van der Waals surface area contributed by atoms with Crippen molar-refractivity contribution in [3.8, 4) is 11.1 Å². The fraction of sp³-hybridized carbons (Fsp3) is 0.375. The van der Waals surface area contributed by atoms with E-state index in [1.807, 2.05) is 18.8 Å². The summed E-state index contributed by atoms with van der Waals surface area (Å²) in [6, 6.07) is 20.8. The van der Waals surface area contributed by atoms with E-state index in [0.717, 1.165) is 0 Å². The maximum Gasteiger partial charge on any atom is -0.0184 e. The van der Waals surface area contributed by atoms with E-state index in [4.69, 9.17) is 0 Å². The molecule has 2 aliphatic rings. The first-order valence-corrected chi connectivity index (χ1v) is 15.7. The van der Waals surface area contributed by atoms with Gasteiger partial charge in [0, 0.05) is 0 Å². The molecule has 0 spiro atoms. The Balaban J connectivity index is 0.000000215. The third kappa shape index (κ3) is 4.90. The molecule has 0 radical (unpaired) electrons. The van der Waals surface area contributed by atoms with Crippen molar-refractivity contribution >= 4 is 0 Å². The van der Waals surface area contributed by atoms with Gasteiger partial charge in [-0.3, -0.25) is 0 Å². The summed E-state index contributed by atoms with van der Waals surface area (Å²) < 4.78 is 3.64. The van der Waals surface area contributed by atoms with Crippen LogP contribution in [0.15, 0.2) is 101 Å². The molecule has 0 heterocycles. The van der Waals surface area contributed by atoms with Gasteiger partial charge < -0.3 is 0 Å². The Kier molecular flexibility index (Phi) is 7.74. The van der Waals surface area contributed by atoms with Crippen LogP contribution in [0, 0.1) is 10.8 Å². The summed E-state index contributed by atoms with van der Waals surface area (Å²) in [7, 11) is 0. The monoisotopic (exact) mass is 604 g/mol. The Morgan fingerprint density at radius 2 is 0.758 bits per heavy atom. The Bertz CT molecular complexity index is 1060. The van der Waals surface area contributed by atoms with Crippen molar-refractivity contribution in [2.75, 3.05) is 0 Å². The van der Waals surface area contributed by atoms with Gasteiger partial charge in [-0.05, 0) is 11.1 Å². The van der Waals surface area contributed by atoms with Crippen LogP contribution in [-0.4, -0.2) is 0 Å². The summed E-state index contributed by atoms with van der Waals surface area (Å²) in [4.78, 5) is 0. The molecule has 0 aromatic heterocycles. The van der Waals surface area contributed by atoms with E-state index in [-0.39, 0.29) is 0 Å². The number of hydrogen-bond acceptors (Lipinski definition) is 0. The Hall–Kier alpha value is -1.73. The summed E-state index contributed by atoms with van der Waals surface area (Å²) in [6.45, 7) is 23.8. The van der Waals surface area contributed by atoms with Gasteiger partial charge in [0.05, 0.1) is 0 Å². The Labute approximate surface area is 214 Å². The number of allylic oxidation sites excluding steroid dienone is 8. The minimum atomic E-state index is -0.997. The van der Waals surface area contributed by atoms with Crippen molar-refractivity contribution in [3.05, 3.63) is 101 Å². The van der Waals surface area contributed by atoms with E-state index in [0.29, 0.717) is 10.8 Å². The van der Waals surface area contributed by atoms with Crippen LogP contribution in [0.3, 0.4) is 0 Å². The molecule has 0 bridgehead atoms. The maximum atomic E-state index is 2.44. The Morgan fingerprint density at radius 1 is 0.455 bits per heavy atom. The standard InChI is InChI=1S/C12H10.2C10H15.Hf/c1-3-7-11(8-4-1)12-9-5-2-6-10-12;2*1-7-6-10(4,5)9(3)8(7)2;/h1-10H;2*1-5H3;. The zero-order valence-electron chi connectivity index (χ0n) is 22.3. The molecule has 0 fully saturated rings. The van der Waals surface area contributed by atoms with Gasteiger partial charge >= 0.3 is 143 Å². The average Bonchev–Trinajstić information content (AvgIpc) is 3.05. The molecule has 0 saturated heterocycles. The molecule has 2 aromatic carbocycles. The van der Waals surface area contributed by atoms with Crippen LogP contribution < -0.4 is 0 Å². The molecule has 0 atom stereocenters. The molecule has 4 rings (SSSR count). The molecular formula is C32H40Hf. The SMILES string of the molecule is CC1=C(C)C(C)(C)[C]([Hf][C]2=C(C)C(C)=C(C)C2(C)C)=C1C.c1ccc(-c2ccccc2)cc1. The molecule has 0 nitrogen and oxygen atoms in total. The minimum absolute atomic E-state index is 0.297. The summed E-state index contributed by atoms with van der Waals surface area (Å²) in [5.41, 5.74) is 12.7. The third-order valence-corrected chi connectivity index (χ3v) is 17.2. The third-order valence-electron chi connectivity index (χ3n) is 8.26. The van der Waals surface area contributed by atoms with Crippen LogP contribution in [0.4, 0.5) is 0 Å². The smallest absolute Gasteiger partial charge is 0.0184 e. The second-order valence-electron chi connectivity index (χ2n) is 10.6. The molecule has 0 aliphatic heterocycles. The molecule has 0 amide bonds. The fourth-order valence-electron chi connectivity index (χ4n) is 5.07. The van der Waals surface area contributed by atoms with Gasteiger partial charge in [-0.1, -0.05) is 60.7 Å². The van der Waals surface area contributed by atoms with E-state index < -0.39 is 22.9 Å². The van der Waals surface area contributed by atoms with Crippen molar-refractivity contribution < 1.29 is 22.9 Å². The normalized spacial score (nSPS) is 19.2. The first-order chi connectivity index (χ1) is 15.4. The summed E-state index contributed by atoms with van der Waals surface area (Å²) in [5, 5.41) is 0. The van der Waals surface area contributed by atoms with Crippen LogP contribution >= 0.6 is 0 Å². The zero-order chi connectivity index (χ0) is 24.6. The first kappa shape index (κ1) is 25.9. The van der Waals surface area contributed by atoms with E-state index in [1.54, 1.807) is 33.4 Å². The molecule has 2 aromatic rings. The summed E-state index contributed by atoms with van der Waals surface area (Å²) >= 11 is -0.997. The molecule has 0 unspecified atom stereocenters. The molecular weight excluding hydrogens is 563 g/mol. The van der Waals surface area contributed by atoms with Gasteiger partial charge in [-0.2, -0.15) is 0 Å². The quantitative estimate of drug-likeness (QED) is 0.307. The van der Waals surface area contributed by atoms with E-state index in [1.165, 1.54) is 11.1 Å². The van der Waals surface area contributed by atoms with E-state index in [2.05, 4.69) is 118 Å². The topological polar surface area (TPSA) is 0 Å². The minimum Gasteiger partial charge on any atom is -0.0622 e. The maximum absolute atomic E-state index is 2.44. The van der Waals surface area contributed by atoms with Crippen LogP contribution in [0.25, 0.3) is 11.1 Å². The van der Waals surface area contributed by atoms with Crippen LogP contribution in [-0.2, 0) is 22.9 Å². The van der Waals surface area contributed by atoms with Gasteiger partial charge in [-0.15, -0.1) is 0 Å². The van der Waals surface area contributed by atoms with Gasteiger partial charge in [0.1, 0.15) is 0 Å². The zero-order valence-corrected chi connectivity index (χ0v) is 25.9. The second-order valence-corrected chi connectivity index (χ2v) is 15.1. The summed E-state index contributed by atoms with van der Waals surface area (Å²) in [5.74, 6) is 0. The van der Waals surface area contributed by atoms with Gasteiger partial charge in [-0.25, -0.2) is 0 Å². The van der Waals surface area contributed by atoms with E-state index in [9.17, 15) is 0 Å². The predicted molar refractivity (Wildman–Crippen MR) is 142 cm³/mol. The second kappa shape index (κ2) is 9.87. The number of rotatable bonds is 3. The molecule has 1 heteroatoms. The van der Waals surface area contributed by atoms with Crippen molar-refractivity contribution in [1.29, 1.82) is 0 Å². The van der Waals surface area contributed by atoms with Crippen molar-refractivity contribution in [2.24, 2.45) is 10.8 Å². The van der Waals surface area contributed by atoms with E-state index >= 15 is 0 Å². The fourth-order valence-corrected chi connectivity index (χ4v) is 12.3. The molecule has 2 aliphatic carbocycles. The van der Waals surface area contributed by atoms with Gasteiger partial charge in [0.25, 0.3) is 0 Å². The van der Waals surface area contributed by atoms with Gasteiger partial charge in [0.15, 0.2) is 0 Å². The van der Waals surface area contributed by atoms with Gasteiger partial charge in [0.2, 0.25) is 0 Å².